The van der Waals surface area contributed by atoms with Gasteiger partial charge in [0.25, 0.3) is 0 Å². The highest BCUT2D eigenvalue weighted by molar-refractivity contribution is 7.91. The van der Waals surface area contributed by atoms with Crippen LogP contribution in [0.4, 0.5) is 0 Å². The average molecular weight is 396 g/mol. The molecule has 0 aliphatic rings. The number of oxazole rings is 1. The predicted molar refractivity (Wildman–Crippen MR) is 104 cm³/mol. The number of sulfone groups is 1. The van der Waals surface area contributed by atoms with Crippen molar-refractivity contribution in [1.82, 2.24) is 4.98 Å². The maximum atomic E-state index is 13.2. The lowest BCUT2D eigenvalue weighted by Gasteiger charge is -2.04. The van der Waals surface area contributed by atoms with Crippen LogP contribution in [0.1, 0.15) is 0 Å². The minimum absolute atomic E-state index is 0.108. The molecule has 0 spiro atoms. The lowest BCUT2D eigenvalue weighted by atomic mass is 10.2. The first-order valence-corrected chi connectivity index (χ1v) is 10.0. The Morgan fingerprint density at radius 3 is 1.89 bits per heavy atom. The van der Waals surface area contributed by atoms with E-state index in [0.29, 0.717) is 16.1 Å². The molecule has 4 nitrogen and oxygen atoms in total. The van der Waals surface area contributed by atoms with E-state index < -0.39 is 9.84 Å². The summed E-state index contributed by atoms with van der Waals surface area (Å²) in [6.07, 6.45) is 0. The quantitative estimate of drug-likeness (QED) is 0.458. The summed E-state index contributed by atoms with van der Waals surface area (Å²) in [5.41, 5.74) is 1.34. The lowest BCUT2D eigenvalue weighted by Crippen LogP contribution is -2.04. The van der Waals surface area contributed by atoms with Crippen molar-refractivity contribution < 1.29 is 12.8 Å². The van der Waals surface area contributed by atoms with E-state index >= 15 is 0 Å². The van der Waals surface area contributed by atoms with Crippen LogP contribution in [0.3, 0.4) is 0 Å². The summed E-state index contributed by atoms with van der Waals surface area (Å²) in [4.78, 5) is 4.45. The molecule has 0 aliphatic heterocycles. The van der Waals surface area contributed by atoms with Gasteiger partial charge in [-0.25, -0.2) is 8.42 Å². The molecule has 1 aromatic heterocycles. The van der Waals surface area contributed by atoms with Gasteiger partial charge in [-0.1, -0.05) is 60.1 Å². The Hall–Kier alpha value is -2.89. The SMILES string of the molecule is O=S(=O)(c1ccc(Cl)cc1)c1nc(-c2ccccc2)oc1-c1ccccc1. The van der Waals surface area contributed by atoms with E-state index in [9.17, 15) is 8.42 Å². The molecule has 0 saturated carbocycles. The Kier molecular flexibility index (Phi) is 4.56. The molecule has 0 fully saturated rings. The fourth-order valence-electron chi connectivity index (χ4n) is 2.69. The van der Waals surface area contributed by atoms with Gasteiger partial charge in [-0.15, -0.1) is 0 Å². The zero-order chi connectivity index (χ0) is 18.9. The van der Waals surface area contributed by atoms with Gasteiger partial charge >= 0.3 is 0 Å². The van der Waals surface area contributed by atoms with Gasteiger partial charge in [-0.2, -0.15) is 4.98 Å². The summed E-state index contributed by atoms with van der Waals surface area (Å²) in [7, 11) is -3.89. The third-order valence-corrected chi connectivity index (χ3v) is 5.96. The monoisotopic (exact) mass is 395 g/mol. The van der Waals surface area contributed by atoms with Crippen LogP contribution >= 0.6 is 11.6 Å². The number of aromatic nitrogens is 1. The second-order valence-corrected chi connectivity index (χ2v) is 8.14. The van der Waals surface area contributed by atoms with E-state index in [1.54, 1.807) is 12.1 Å². The Labute approximate surface area is 162 Å². The molecule has 0 atom stereocenters. The number of hydrogen-bond donors (Lipinski definition) is 0. The summed E-state index contributed by atoms with van der Waals surface area (Å²) in [6.45, 7) is 0. The highest BCUT2D eigenvalue weighted by Gasteiger charge is 2.29. The van der Waals surface area contributed by atoms with Gasteiger partial charge in [0.15, 0.2) is 5.76 Å². The molecule has 0 bridgehead atoms. The smallest absolute Gasteiger partial charge is 0.228 e. The first kappa shape index (κ1) is 17.5. The van der Waals surface area contributed by atoms with Crippen molar-refractivity contribution in [2.45, 2.75) is 9.92 Å². The van der Waals surface area contributed by atoms with Gasteiger partial charge in [0.1, 0.15) is 0 Å². The van der Waals surface area contributed by atoms with Crippen LogP contribution in [0, 0.1) is 0 Å². The minimum atomic E-state index is -3.89. The van der Waals surface area contributed by atoms with Gasteiger partial charge < -0.3 is 4.42 Å². The predicted octanol–water partition coefficient (Wildman–Crippen LogP) is 5.49. The molecule has 3 aromatic carbocycles. The zero-order valence-corrected chi connectivity index (χ0v) is 15.6. The van der Waals surface area contributed by atoms with Gasteiger partial charge in [0.05, 0.1) is 4.90 Å². The second-order valence-electron chi connectivity index (χ2n) is 5.84. The van der Waals surface area contributed by atoms with Gasteiger partial charge in [-0.05, 0) is 36.4 Å². The van der Waals surface area contributed by atoms with E-state index in [-0.39, 0.29) is 21.6 Å². The molecule has 0 N–H and O–H groups in total. The second kappa shape index (κ2) is 7.02. The van der Waals surface area contributed by atoms with Crippen molar-refractivity contribution >= 4 is 21.4 Å². The molecule has 0 aliphatic carbocycles. The Morgan fingerprint density at radius 2 is 1.30 bits per heavy atom. The lowest BCUT2D eigenvalue weighted by molar-refractivity contribution is 0.579. The summed E-state index contributed by atoms with van der Waals surface area (Å²) in [6, 6.07) is 24.3. The number of rotatable bonds is 4. The first-order valence-electron chi connectivity index (χ1n) is 8.18. The molecule has 0 amide bonds. The third kappa shape index (κ3) is 3.39. The van der Waals surface area contributed by atoms with Crippen molar-refractivity contribution in [2.24, 2.45) is 0 Å². The Morgan fingerprint density at radius 1 is 0.741 bits per heavy atom. The van der Waals surface area contributed by atoms with Crippen LogP contribution in [0.5, 0.6) is 0 Å². The largest absolute Gasteiger partial charge is 0.435 e. The van der Waals surface area contributed by atoms with E-state index in [4.69, 9.17) is 16.0 Å². The van der Waals surface area contributed by atoms with Crippen molar-refractivity contribution in [3.8, 4) is 22.8 Å². The summed E-state index contributed by atoms with van der Waals surface area (Å²) in [5, 5.41) is 0.345. The number of benzene rings is 3. The van der Waals surface area contributed by atoms with Crippen LogP contribution in [-0.4, -0.2) is 13.4 Å². The Bertz CT molecular complexity index is 1170. The molecule has 4 rings (SSSR count). The molecule has 134 valence electrons. The number of nitrogens with zero attached hydrogens (tertiary/aromatic N) is 1. The van der Waals surface area contributed by atoms with Gasteiger partial charge in [0.2, 0.25) is 20.8 Å². The van der Waals surface area contributed by atoms with Gasteiger partial charge in [0, 0.05) is 16.1 Å². The fourth-order valence-corrected chi connectivity index (χ4v) is 4.14. The molecule has 0 saturated heterocycles. The topological polar surface area (TPSA) is 60.2 Å². The fraction of sp³-hybridized carbons (Fsp3) is 0. The molecule has 4 aromatic rings. The minimum Gasteiger partial charge on any atom is -0.435 e. The zero-order valence-electron chi connectivity index (χ0n) is 14.0. The maximum Gasteiger partial charge on any atom is 0.228 e. The van der Waals surface area contributed by atoms with Crippen molar-refractivity contribution in [3.05, 3.63) is 90.0 Å². The number of hydrogen-bond acceptors (Lipinski definition) is 4. The average Bonchev–Trinajstić information content (AvgIpc) is 3.16. The van der Waals surface area contributed by atoms with Gasteiger partial charge in [-0.3, -0.25) is 0 Å². The molecular weight excluding hydrogens is 382 g/mol. The first-order chi connectivity index (χ1) is 13.1. The molecule has 27 heavy (non-hydrogen) atoms. The van der Waals surface area contributed by atoms with Crippen LogP contribution in [-0.2, 0) is 9.84 Å². The highest BCUT2D eigenvalue weighted by atomic mass is 35.5. The number of halogens is 1. The van der Waals surface area contributed by atoms with E-state index in [0.717, 1.165) is 0 Å². The Balaban J connectivity index is 1.93. The highest BCUT2D eigenvalue weighted by Crippen LogP contribution is 2.35. The van der Waals surface area contributed by atoms with Crippen molar-refractivity contribution in [1.29, 1.82) is 0 Å². The summed E-state index contributed by atoms with van der Waals surface area (Å²) < 4.78 is 32.3. The third-order valence-electron chi connectivity index (χ3n) is 4.03. The summed E-state index contributed by atoms with van der Waals surface area (Å²) in [5.74, 6) is 0.464. The molecule has 1 heterocycles. The maximum absolute atomic E-state index is 13.2. The molecule has 0 unspecified atom stereocenters. The van der Waals surface area contributed by atoms with E-state index in [1.807, 2.05) is 48.5 Å². The molecule has 0 radical (unpaired) electrons. The van der Waals surface area contributed by atoms with E-state index in [1.165, 1.54) is 24.3 Å². The summed E-state index contributed by atoms with van der Waals surface area (Å²) >= 11 is 5.89. The standard InChI is InChI=1S/C21H14ClNO3S/c22-17-11-13-18(14-12-17)27(24,25)21-19(15-7-3-1-4-8-15)26-20(23-21)16-9-5-2-6-10-16/h1-14H. The normalized spacial score (nSPS) is 11.4. The van der Waals surface area contributed by atoms with Crippen LogP contribution < -0.4 is 0 Å². The molecular formula is C21H14ClNO3S. The van der Waals surface area contributed by atoms with Crippen LogP contribution in [0.25, 0.3) is 22.8 Å². The van der Waals surface area contributed by atoms with Crippen molar-refractivity contribution in [3.63, 3.8) is 0 Å². The van der Waals surface area contributed by atoms with E-state index in [2.05, 4.69) is 4.98 Å². The van der Waals surface area contributed by atoms with Crippen LogP contribution in [0.2, 0.25) is 5.02 Å². The van der Waals surface area contributed by atoms with Crippen LogP contribution in [0.15, 0.2) is 99.3 Å². The van der Waals surface area contributed by atoms with Crippen molar-refractivity contribution in [2.75, 3.05) is 0 Å². The molecule has 6 heteroatoms.